The Labute approximate surface area is 101 Å². The summed E-state index contributed by atoms with van der Waals surface area (Å²) in [5.41, 5.74) is -1.74. The van der Waals surface area contributed by atoms with Crippen LogP contribution in [0.3, 0.4) is 0 Å². The summed E-state index contributed by atoms with van der Waals surface area (Å²) >= 11 is 2.78. The van der Waals surface area contributed by atoms with Crippen LogP contribution >= 0.6 is 15.9 Å². The monoisotopic (exact) mass is 322 g/mol. The molecular formula is C9H5BrF6O. The third-order valence-corrected chi connectivity index (χ3v) is 2.37. The SMILES string of the molecule is FC(F)(F)Oc1cccc(CBr)c1C(F)(F)F. The van der Waals surface area contributed by atoms with Gasteiger partial charge in [0.05, 0.1) is 0 Å². The molecule has 0 saturated carbocycles. The Balaban J connectivity index is 3.30. The second-order valence-electron chi connectivity index (χ2n) is 2.97. The molecule has 0 N–H and O–H groups in total. The lowest BCUT2D eigenvalue weighted by Crippen LogP contribution is -2.21. The van der Waals surface area contributed by atoms with Crippen LogP contribution in [0.1, 0.15) is 11.1 Å². The van der Waals surface area contributed by atoms with Crippen molar-refractivity contribution in [1.82, 2.24) is 0 Å². The quantitative estimate of drug-likeness (QED) is 0.575. The molecule has 0 aliphatic carbocycles. The minimum Gasteiger partial charge on any atom is -0.405 e. The molecule has 1 aromatic rings. The molecular weight excluding hydrogens is 318 g/mol. The highest BCUT2D eigenvalue weighted by Crippen LogP contribution is 2.41. The van der Waals surface area contributed by atoms with E-state index in [2.05, 4.69) is 20.7 Å². The molecule has 0 bridgehead atoms. The van der Waals surface area contributed by atoms with Gasteiger partial charge in [0, 0.05) is 5.33 Å². The molecule has 96 valence electrons. The largest absolute Gasteiger partial charge is 0.573 e. The molecule has 1 aromatic carbocycles. The lowest BCUT2D eigenvalue weighted by molar-refractivity contribution is -0.276. The highest BCUT2D eigenvalue weighted by Gasteiger charge is 2.40. The summed E-state index contributed by atoms with van der Waals surface area (Å²) in [6.45, 7) is 0. The third-order valence-electron chi connectivity index (χ3n) is 1.77. The van der Waals surface area contributed by atoms with Crippen LogP contribution in [0.25, 0.3) is 0 Å². The highest BCUT2D eigenvalue weighted by molar-refractivity contribution is 9.08. The van der Waals surface area contributed by atoms with E-state index in [1.165, 1.54) is 0 Å². The van der Waals surface area contributed by atoms with Crippen LogP contribution in [0.4, 0.5) is 26.3 Å². The number of hydrogen-bond donors (Lipinski definition) is 0. The van der Waals surface area contributed by atoms with Crippen LogP contribution in [0.2, 0.25) is 0 Å². The Kier molecular flexibility index (Phi) is 3.95. The average molecular weight is 323 g/mol. The molecule has 0 radical (unpaired) electrons. The first-order valence-corrected chi connectivity index (χ1v) is 5.28. The minimum atomic E-state index is -5.16. The van der Waals surface area contributed by atoms with Crippen LogP contribution in [-0.2, 0) is 11.5 Å². The fourth-order valence-electron chi connectivity index (χ4n) is 1.22. The van der Waals surface area contributed by atoms with Gasteiger partial charge in [-0.3, -0.25) is 0 Å². The van der Waals surface area contributed by atoms with E-state index in [-0.39, 0.29) is 10.9 Å². The first-order valence-electron chi connectivity index (χ1n) is 4.16. The maximum atomic E-state index is 12.6. The van der Waals surface area contributed by atoms with Crippen LogP contribution in [-0.4, -0.2) is 6.36 Å². The zero-order chi connectivity index (χ0) is 13.3. The summed E-state index contributed by atoms with van der Waals surface area (Å²) in [4.78, 5) is 0. The molecule has 0 fully saturated rings. The van der Waals surface area contributed by atoms with Crippen molar-refractivity contribution in [2.24, 2.45) is 0 Å². The van der Waals surface area contributed by atoms with Gasteiger partial charge in [0.1, 0.15) is 11.3 Å². The van der Waals surface area contributed by atoms with Crippen molar-refractivity contribution in [2.75, 3.05) is 0 Å². The van der Waals surface area contributed by atoms with Crippen molar-refractivity contribution in [3.8, 4) is 5.75 Å². The zero-order valence-corrected chi connectivity index (χ0v) is 9.58. The number of halogens is 7. The van der Waals surface area contributed by atoms with E-state index in [0.29, 0.717) is 6.07 Å². The van der Waals surface area contributed by atoms with Gasteiger partial charge in [0.15, 0.2) is 0 Å². The van der Waals surface area contributed by atoms with Gasteiger partial charge in [0.2, 0.25) is 0 Å². The number of hydrogen-bond acceptors (Lipinski definition) is 1. The molecule has 0 atom stereocenters. The smallest absolute Gasteiger partial charge is 0.405 e. The summed E-state index contributed by atoms with van der Waals surface area (Å²) in [5.74, 6) is -1.25. The molecule has 1 rings (SSSR count). The number of ether oxygens (including phenoxy) is 1. The second kappa shape index (κ2) is 4.75. The Bertz CT molecular complexity index is 397. The molecule has 1 nitrogen and oxygen atoms in total. The van der Waals surface area contributed by atoms with E-state index in [1.54, 1.807) is 0 Å². The lowest BCUT2D eigenvalue weighted by Gasteiger charge is -2.17. The maximum absolute atomic E-state index is 12.6. The number of benzene rings is 1. The Hall–Kier alpha value is -0.920. The van der Waals surface area contributed by atoms with Gasteiger partial charge in [-0.2, -0.15) is 13.2 Å². The topological polar surface area (TPSA) is 9.23 Å². The van der Waals surface area contributed by atoms with Gasteiger partial charge in [-0.15, -0.1) is 13.2 Å². The summed E-state index contributed by atoms with van der Waals surface area (Å²) in [5, 5.41) is -0.225. The van der Waals surface area contributed by atoms with Gasteiger partial charge in [-0.25, -0.2) is 0 Å². The van der Waals surface area contributed by atoms with Gasteiger partial charge < -0.3 is 4.74 Å². The van der Waals surface area contributed by atoms with E-state index in [1.807, 2.05) is 0 Å². The maximum Gasteiger partial charge on any atom is 0.573 e. The molecule has 0 heterocycles. The molecule has 0 unspecified atom stereocenters. The van der Waals surface area contributed by atoms with Crippen molar-refractivity contribution in [1.29, 1.82) is 0 Å². The molecule has 0 aliphatic rings. The van der Waals surface area contributed by atoms with E-state index < -0.39 is 23.9 Å². The van der Waals surface area contributed by atoms with E-state index in [4.69, 9.17) is 0 Å². The van der Waals surface area contributed by atoms with Crippen molar-refractivity contribution in [2.45, 2.75) is 17.9 Å². The predicted molar refractivity (Wildman–Crippen MR) is 50.8 cm³/mol. The van der Waals surface area contributed by atoms with Crippen molar-refractivity contribution in [3.63, 3.8) is 0 Å². The molecule has 0 aliphatic heterocycles. The summed E-state index contributed by atoms with van der Waals surface area (Å²) in [6.07, 6.45) is -10.1. The van der Waals surface area contributed by atoms with Gasteiger partial charge >= 0.3 is 12.5 Å². The van der Waals surface area contributed by atoms with Crippen LogP contribution in [0.5, 0.6) is 5.75 Å². The fourth-order valence-corrected chi connectivity index (χ4v) is 1.69. The normalized spacial score (nSPS) is 12.6. The Morgan fingerprint density at radius 3 is 2.06 bits per heavy atom. The van der Waals surface area contributed by atoms with E-state index in [0.717, 1.165) is 12.1 Å². The van der Waals surface area contributed by atoms with Gasteiger partial charge in [-0.1, -0.05) is 28.1 Å². The Morgan fingerprint density at radius 2 is 1.65 bits per heavy atom. The van der Waals surface area contributed by atoms with Crippen LogP contribution in [0, 0.1) is 0 Å². The fraction of sp³-hybridized carbons (Fsp3) is 0.333. The van der Waals surface area contributed by atoms with Gasteiger partial charge in [0.25, 0.3) is 0 Å². The molecule has 0 spiro atoms. The molecule has 17 heavy (non-hydrogen) atoms. The Morgan fingerprint density at radius 1 is 1.06 bits per heavy atom. The number of rotatable bonds is 2. The highest BCUT2D eigenvalue weighted by atomic mass is 79.9. The third kappa shape index (κ3) is 3.79. The zero-order valence-electron chi connectivity index (χ0n) is 7.99. The average Bonchev–Trinajstić information content (AvgIpc) is 2.12. The summed E-state index contributed by atoms with van der Waals surface area (Å²) in [7, 11) is 0. The first kappa shape index (κ1) is 14.1. The summed E-state index contributed by atoms with van der Waals surface area (Å²) in [6, 6.07) is 2.76. The molecule has 0 aromatic heterocycles. The predicted octanol–water partition coefficient (Wildman–Crippen LogP) is 4.50. The van der Waals surface area contributed by atoms with Gasteiger partial charge in [-0.05, 0) is 11.6 Å². The van der Waals surface area contributed by atoms with E-state index >= 15 is 0 Å². The van der Waals surface area contributed by atoms with Crippen molar-refractivity contribution < 1.29 is 31.1 Å². The molecule has 0 amide bonds. The standard InChI is InChI=1S/C9H5BrF6O/c10-4-5-2-1-3-6(17-9(14,15)16)7(5)8(11,12)13/h1-3H,4H2. The first-order chi connectivity index (χ1) is 7.65. The second-order valence-corrected chi connectivity index (χ2v) is 3.53. The molecule has 0 saturated heterocycles. The lowest BCUT2D eigenvalue weighted by atomic mass is 10.1. The molecule has 8 heteroatoms. The number of alkyl halides is 7. The van der Waals surface area contributed by atoms with Crippen LogP contribution < -0.4 is 4.74 Å². The van der Waals surface area contributed by atoms with Crippen molar-refractivity contribution in [3.05, 3.63) is 29.3 Å². The summed E-state index contributed by atoms with van der Waals surface area (Å²) < 4.78 is 77.0. The van der Waals surface area contributed by atoms with E-state index in [9.17, 15) is 26.3 Å². The van der Waals surface area contributed by atoms with Crippen molar-refractivity contribution >= 4 is 15.9 Å². The minimum absolute atomic E-state index is 0.225. The van der Waals surface area contributed by atoms with Crippen LogP contribution in [0.15, 0.2) is 18.2 Å².